The molecule has 0 spiro atoms. The molecule has 0 heterocycles. The first-order valence-electron chi connectivity index (χ1n) is 4.97. The van der Waals surface area contributed by atoms with E-state index in [1.54, 1.807) is 0 Å². The van der Waals surface area contributed by atoms with Crippen LogP contribution in [0.4, 0.5) is 17.6 Å². The summed E-state index contributed by atoms with van der Waals surface area (Å²) in [5.41, 5.74) is 0. The van der Waals surface area contributed by atoms with E-state index < -0.39 is 45.9 Å². The highest BCUT2D eigenvalue weighted by Crippen LogP contribution is 2.26. The third-order valence-electron chi connectivity index (χ3n) is 1.98. The number of carbonyl (C=O) groups excluding carboxylic acids is 2. The first kappa shape index (κ1) is 19.3. The van der Waals surface area contributed by atoms with Gasteiger partial charge in [0.05, 0.1) is 0 Å². The van der Waals surface area contributed by atoms with Gasteiger partial charge in [0, 0.05) is 6.08 Å². The molecular formula is C9H9F4O7S-. The topological polar surface area (TPSA) is 110 Å². The fraction of sp³-hybridized carbons (Fsp3) is 0.556. The van der Waals surface area contributed by atoms with Crippen molar-refractivity contribution in [2.75, 3.05) is 6.61 Å². The van der Waals surface area contributed by atoms with Gasteiger partial charge >= 0.3 is 23.1 Å². The van der Waals surface area contributed by atoms with Crippen LogP contribution in [-0.2, 0) is 29.2 Å². The van der Waals surface area contributed by atoms with Crippen molar-refractivity contribution in [2.45, 2.75) is 24.2 Å². The predicted octanol–water partition coefficient (Wildman–Crippen LogP) is 0.421. The molecule has 21 heavy (non-hydrogen) atoms. The third-order valence-corrected chi connectivity index (χ3v) is 2.83. The minimum Gasteiger partial charge on any atom is -0.743 e. The standard InChI is InChI=1S/C9H10F4O7S/c1-3-6(14)20-5(2)9(12,13)7(15)19-4-8(10,11)21(16,17)18/h3,5H,1,4H2,2H3,(H,16,17,18)/p-1. The molecule has 0 radical (unpaired) electrons. The van der Waals surface area contributed by atoms with E-state index in [-0.39, 0.29) is 0 Å². The van der Waals surface area contributed by atoms with E-state index in [1.807, 2.05) is 0 Å². The Morgan fingerprint density at radius 3 is 2.19 bits per heavy atom. The number of rotatable bonds is 7. The van der Waals surface area contributed by atoms with Crippen LogP contribution in [0, 0.1) is 0 Å². The van der Waals surface area contributed by atoms with Crippen LogP contribution >= 0.6 is 0 Å². The zero-order valence-electron chi connectivity index (χ0n) is 10.3. The molecular weight excluding hydrogens is 328 g/mol. The second kappa shape index (κ2) is 6.39. The lowest BCUT2D eigenvalue weighted by atomic mass is 10.2. The smallest absolute Gasteiger partial charge is 0.381 e. The van der Waals surface area contributed by atoms with Gasteiger partial charge in [-0.2, -0.15) is 17.6 Å². The molecule has 0 aliphatic carbocycles. The van der Waals surface area contributed by atoms with Crippen molar-refractivity contribution in [3.63, 3.8) is 0 Å². The Morgan fingerprint density at radius 1 is 1.33 bits per heavy atom. The fourth-order valence-electron chi connectivity index (χ4n) is 0.780. The van der Waals surface area contributed by atoms with E-state index in [9.17, 15) is 40.1 Å². The summed E-state index contributed by atoms with van der Waals surface area (Å²) >= 11 is 0. The minimum absolute atomic E-state index is 0.510. The highest BCUT2D eigenvalue weighted by molar-refractivity contribution is 7.86. The molecule has 0 aliphatic rings. The van der Waals surface area contributed by atoms with Gasteiger partial charge in [0.1, 0.15) is 0 Å². The molecule has 0 N–H and O–H groups in total. The maximum Gasteiger partial charge on any atom is 0.381 e. The van der Waals surface area contributed by atoms with Crippen molar-refractivity contribution in [1.29, 1.82) is 0 Å². The Bertz CT molecular complexity index is 528. The first-order valence-corrected chi connectivity index (χ1v) is 6.38. The van der Waals surface area contributed by atoms with Crippen LogP contribution in [-0.4, -0.2) is 48.8 Å². The maximum absolute atomic E-state index is 13.3. The van der Waals surface area contributed by atoms with Crippen LogP contribution in [0.25, 0.3) is 0 Å². The summed E-state index contributed by atoms with van der Waals surface area (Å²) in [6.45, 7) is 1.07. The van der Waals surface area contributed by atoms with Gasteiger partial charge in [-0.15, -0.1) is 0 Å². The van der Waals surface area contributed by atoms with Gasteiger partial charge in [-0.3, -0.25) is 0 Å². The number of hydrogen-bond donors (Lipinski definition) is 0. The molecule has 0 aromatic carbocycles. The van der Waals surface area contributed by atoms with Crippen LogP contribution in [0.3, 0.4) is 0 Å². The summed E-state index contributed by atoms with van der Waals surface area (Å²) in [7, 11) is -6.19. The van der Waals surface area contributed by atoms with Crippen molar-refractivity contribution < 1.29 is 49.6 Å². The summed E-state index contributed by atoms with van der Waals surface area (Å²) in [6.07, 6.45) is -1.89. The summed E-state index contributed by atoms with van der Waals surface area (Å²) in [4.78, 5) is 21.6. The van der Waals surface area contributed by atoms with Gasteiger partial charge in [-0.25, -0.2) is 18.0 Å². The van der Waals surface area contributed by atoms with Crippen LogP contribution in [0.2, 0.25) is 0 Å². The third kappa shape index (κ3) is 4.97. The lowest BCUT2D eigenvalue weighted by Crippen LogP contribution is -2.45. The molecule has 0 bridgehead atoms. The zero-order valence-corrected chi connectivity index (χ0v) is 11.2. The van der Waals surface area contributed by atoms with E-state index in [2.05, 4.69) is 16.1 Å². The number of alkyl halides is 4. The molecule has 7 nitrogen and oxygen atoms in total. The lowest BCUT2D eigenvalue weighted by molar-refractivity contribution is -0.197. The average molecular weight is 337 g/mol. The van der Waals surface area contributed by atoms with Crippen LogP contribution in [0.1, 0.15) is 6.92 Å². The number of halogens is 4. The normalized spacial score (nSPS) is 14.2. The molecule has 1 atom stereocenters. The quantitative estimate of drug-likeness (QED) is 0.286. The Kier molecular flexibility index (Phi) is 5.87. The van der Waals surface area contributed by atoms with Crippen molar-refractivity contribution >= 4 is 22.1 Å². The average Bonchev–Trinajstić information content (AvgIpc) is 2.33. The summed E-state index contributed by atoms with van der Waals surface area (Å²) in [5.74, 6) is -8.45. The number of esters is 2. The van der Waals surface area contributed by atoms with Crippen molar-refractivity contribution in [2.24, 2.45) is 0 Å². The molecule has 0 saturated heterocycles. The molecule has 0 aliphatic heterocycles. The fourth-order valence-corrected chi connectivity index (χ4v) is 0.984. The first-order chi connectivity index (χ1) is 9.25. The molecule has 0 rings (SSSR count). The van der Waals surface area contributed by atoms with E-state index in [4.69, 9.17) is 0 Å². The second-order valence-electron chi connectivity index (χ2n) is 3.57. The van der Waals surface area contributed by atoms with Crippen molar-refractivity contribution in [3.05, 3.63) is 12.7 Å². The van der Waals surface area contributed by atoms with Crippen molar-refractivity contribution in [3.8, 4) is 0 Å². The number of hydrogen-bond acceptors (Lipinski definition) is 7. The van der Waals surface area contributed by atoms with Crippen LogP contribution in [0.5, 0.6) is 0 Å². The highest BCUT2D eigenvalue weighted by atomic mass is 32.2. The maximum atomic E-state index is 13.3. The van der Waals surface area contributed by atoms with Gasteiger partial charge in [-0.05, 0) is 6.92 Å². The summed E-state index contributed by atoms with van der Waals surface area (Å²) < 4.78 is 89.5. The Morgan fingerprint density at radius 2 is 1.81 bits per heavy atom. The lowest BCUT2D eigenvalue weighted by Gasteiger charge is -2.24. The molecule has 122 valence electrons. The molecule has 0 amide bonds. The Hall–Kier alpha value is -1.69. The second-order valence-corrected chi connectivity index (χ2v) is 5.08. The van der Waals surface area contributed by atoms with Gasteiger partial charge in [0.15, 0.2) is 22.8 Å². The molecule has 0 fully saturated rings. The minimum atomic E-state index is -6.19. The molecule has 0 saturated carbocycles. The van der Waals surface area contributed by atoms with Crippen molar-refractivity contribution in [1.82, 2.24) is 0 Å². The van der Waals surface area contributed by atoms with Gasteiger partial charge in [0.2, 0.25) is 0 Å². The van der Waals surface area contributed by atoms with Gasteiger partial charge in [-0.1, -0.05) is 6.58 Å². The van der Waals surface area contributed by atoms with E-state index in [1.165, 1.54) is 0 Å². The largest absolute Gasteiger partial charge is 0.743 e. The highest BCUT2D eigenvalue weighted by Gasteiger charge is 2.50. The summed E-state index contributed by atoms with van der Waals surface area (Å²) in [6, 6.07) is 0. The van der Waals surface area contributed by atoms with E-state index >= 15 is 0 Å². The Balaban J connectivity index is 4.86. The number of ether oxygens (including phenoxy) is 2. The zero-order chi connectivity index (χ0) is 17.1. The van der Waals surface area contributed by atoms with E-state index in [0.717, 1.165) is 0 Å². The molecule has 1 unspecified atom stereocenters. The molecule has 0 aromatic rings. The predicted molar refractivity (Wildman–Crippen MR) is 56.3 cm³/mol. The summed E-state index contributed by atoms with van der Waals surface area (Å²) in [5, 5.41) is -5.07. The monoisotopic (exact) mass is 337 g/mol. The van der Waals surface area contributed by atoms with Crippen LogP contribution < -0.4 is 0 Å². The number of carbonyl (C=O) groups is 2. The SMILES string of the molecule is C=CC(=O)OC(C)C(F)(F)C(=O)OCC(F)(F)S(=O)(=O)[O-]. The van der Waals surface area contributed by atoms with E-state index in [0.29, 0.717) is 13.0 Å². The molecule has 0 aromatic heterocycles. The van der Waals surface area contributed by atoms with Crippen LogP contribution in [0.15, 0.2) is 12.7 Å². The van der Waals surface area contributed by atoms with Gasteiger partial charge < -0.3 is 14.0 Å². The van der Waals surface area contributed by atoms with Gasteiger partial charge in [0.25, 0.3) is 0 Å². The Labute approximate surface area is 116 Å². The molecule has 12 heteroatoms.